The molecular formula is C19H25ClIN5. The normalized spacial score (nSPS) is 17.0. The van der Waals surface area contributed by atoms with E-state index < -0.39 is 0 Å². The monoisotopic (exact) mass is 485 g/mol. The van der Waals surface area contributed by atoms with Crippen LogP contribution in [-0.2, 0) is 6.54 Å². The van der Waals surface area contributed by atoms with Crippen LogP contribution in [-0.4, -0.2) is 37.1 Å². The molecule has 1 aliphatic heterocycles. The number of anilines is 1. The maximum Gasteiger partial charge on any atom is 0.191 e. The Kier molecular flexibility index (Phi) is 7.96. The highest BCUT2D eigenvalue weighted by Gasteiger charge is 2.23. The van der Waals surface area contributed by atoms with Crippen molar-refractivity contribution in [3.05, 3.63) is 58.9 Å². The molecule has 7 heteroatoms. The fourth-order valence-corrected chi connectivity index (χ4v) is 3.23. The number of guanidine groups is 1. The third kappa shape index (κ3) is 5.74. The number of aromatic nitrogens is 1. The largest absolute Gasteiger partial charge is 0.369 e. The average molecular weight is 486 g/mol. The van der Waals surface area contributed by atoms with Gasteiger partial charge in [0.05, 0.1) is 12.2 Å². The van der Waals surface area contributed by atoms with Crippen molar-refractivity contribution < 1.29 is 0 Å². The van der Waals surface area contributed by atoms with Gasteiger partial charge >= 0.3 is 0 Å². The minimum atomic E-state index is 0. The Balaban J connectivity index is 0.00000243. The molecule has 1 atom stereocenters. The zero-order valence-electron chi connectivity index (χ0n) is 15.1. The topological polar surface area (TPSA) is 52.6 Å². The number of rotatable bonds is 4. The summed E-state index contributed by atoms with van der Waals surface area (Å²) >= 11 is 6.10. The summed E-state index contributed by atoms with van der Waals surface area (Å²) in [7, 11) is 1.79. The minimum Gasteiger partial charge on any atom is -0.369 e. The molecule has 0 saturated carbocycles. The number of hydrogen-bond acceptors (Lipinski definition) is 3. The van der Waals surface area contributed by atoms with Crippen LogP contribution in [0.25, 0.3) is 0 Å². The molecule has 1 aromatic carbocycles. The summed E-state index contributed by atoms with van der Waals surface area (Å²) in [5.74, 6) is 0.807. The van der Waals surface area contributed by atoms with E-state index in [4.69, 9.17) is 11.6 Å². The Morgan fingerprint density at radius 3 is 2.85 bits per heavy atom. The summed E-state index contributed by atoms with van der Waals surface area (Å²) in [6.45, 7) is 4.60. The Morgan fingerprint density at radius 2 is 2.12 bits per heavy atom. The Morgan fingerprint density at radius 1 is 1.31 bits per heavy atom. The van der Waals surface area contributed by atoms with Crippen molar-refractivity contribution in [2.24, 2.45) is 4.99 Å². The van der Waals surface area contributed by atoms with Crippen molar-refractivity contribution in [3.63, 3.8) is 0 Å². The molecule has 0 spiro atoms. The summed E-state index contributed by atoms with van der Waals surface area (Å²) in [4.78, 5) is 11.2. The zero-order valence-corrected chi connectivity index (χ0v) is 18.2. The smallest absolute Gasteiger partial charge is 0.191 e. The van der Waals surface area contributed by atoms with E-state index in [0.717, 1.165) is 41.9 Å². The summed E-state index contributed by atoms with van der Waals surface area (Å²) < 4.78 is 0. The molecule has 1 unspecified atom stereocenters. The van der Waals surface area contributed by atoms with E-state index >= 15 is 0 Å². The molecule has 1 aromatic heterocycles. The SMILES string of the molecule is CN=C(NCc1cccc(C)n1)NC1CCN(c2cccc(Cl)c2)C1.I. The molecule has 26 heavy (non-hydrogen) atoms. The third-order valence-electron chi connectivity index (χ3n) is 4.31. The highest BCUT2D eigenvalue weighted by molar-refractivity contribution is 14.0. The highest BCUT2D eigenvalue weighted by atomic mass is 127. The van der Waals surface area contributed by atoms with Crippen LogP contribution in [0, 0.1) is 6.92 Å². The Hall–Kier alpha value is -1.54. The summed E-state index contributed by atoms with van der Waals surface area (Å²) in [5, 5.41) is 7.62. The van der Waals surface area contributed by atoms with E-state index in [0.29, 0.717) is 12.6 Å². The molecule has 0 radical (unpaired) electrons. The summed E-state index contributed by atoms with van der Waals surface area (Å²) in [6.07, 6.45) is 1.07. The van der Waals surface area contributed by atoms with Crippen LogP contribution in [0.4, 0.5) is 5.69 Å². The highest BCUT2D eigenvalue weighted by Crippen LogP contribution is 2.23. The molecule has 3 rings (SSSR count). The van der Waals surface area contributed by atoms with Gasteiger partial charge in [-0.15, -0.1) is 24.0 Å². The minimum absolute atomic E-state index is 0. The van der Waals surface area contributed by atoms with Crippen molar-refractivity contribution in [1.82, 2.24) is 15.6 Å². The van der Waals surface area contributed by atoms with Gasteiger partial charge in [0.1, 0.15) is 0 Å². The molecule has 140 valence electrons. The molecule has 1 aliphatic rings. The van der Waals surface area contributed by atoms with Crippen LogP contribution in [0.5, 0.6) is 0 Å². The van der Waals surface area contributed by atoms with E-state index in [-0.39, 0.29) is 24.0 Å². The van der Waals surface area contributed by atoms with Gasteiger partial charge in [0, 0.05) is 42.6 Å². The number of aryl methyl sites for hydroxylation is 1. The molecule has 1 fully saturated rings. The zero-order chi connectivity index (χ0) is 17.6. The lowest BCUT2D eigenvalue weighted by Crippen LogP contribution is -2.44. The average Bonchev–Trinajstić information content (AvgIpc) is 3.07. The molecule has 0 aliphatic carbocycles. The van der Waals surface area contributed by atoms with Gasteiger partial charge in [-0.25, -0.2) is 0 Å². The fraction of sp³-hybridized carbons (Fsp3) is 0.368. The predicted molar refractivity (Wildman–Crippen MR) is 120 cm³/mol. The van der Waals surface area contributed by atoms with Gasteiger partial charge < -0.3 is 15.5 Å². The number of nitrogens with zero attached hydrogens (tertiary/aromatic N) is 3. The number of benzene rings is 1. The first-order valence-electron chi connectivity index (χ1n) is 8.54. The van der Waals surface area contributed by atoms with Gasteiger partial charge in [0.15, 0.2) is 5.96 Å². The maximum absolute atomic E-state index is 6.10. The summed E-state index contributed by atoms with van der Waals surface area (Å²) in [6, 6.07) is 14.4. The van der Waals surface area contributed by atoms with Gasteiger partial charge in [-0.2, -0.15) is 0 Å². The molecule has 5 nitrogen and oxygen atoms in total. The van der Waals surface area contributed by atoms with Gasteiger partial charge in [-0.05, 0) is 43.7 Å². The second kappa shape index (κ2) is 9.97. The predicted octanol–water partition coefficient (Wildman–Crippen LogP) is 3.61. The second-order valence-electron chi connectivity index (χ2n) is 6.25. The number of aliphatic imine (C=N–C) groups is 1. The van der Waals surface area contributed by atoms with Crippen molar-refractivity contribution in [2.45, 2.75) is 25.9 Å². The quantitative estimate of drug-likeness (QED) is 0.395. The van der Waals surface area contributed by atoms with Gasteiger partial charge in [-0.1, -0.05) is 23.7 Å². The lowest BCUT2D eigenvalue weighted by molar-refractivity contribution is 0.647. The van der Waals surface area contributed by atoms with E-state index in [2.05, 4.69) is 31.6 Å². The molecule has 1 saturated heterocycles. The molecule has 0 amide bonds. The number of halogens is 2. The first-order valence-corrected chi connectivity index (χ1v) is 8.92. The first-order chi connectivity index (χ1) is 12.1. The van der Waals surface area contributed by atoms with Crippen LogP contribution in [0.2, 0.25) is 5.02 Å². The number of pyridine rings is 1. The van der Waals surface area contributed by atoms with Gasteiger partial charge in [0.25, 0.3) is 0 Å². The summed E-state index contributed by atoms with van der Waals surface area (Å²) in [5.41, 5.74) is 3.20. The van der Waals surface area contributed by atoms with Crippen LogP contribution in [0.1, 0.15) is 17.8 Å². The third-order valence-corrected chi connectivity index (χ3v) is 4.54. The van der Waals surface area contributed by atoms with Crippen molar-refractivity contribution in [3.8, 4) is 0 Å². The standard InChI is InChI=1S/C19H24ClN5.HI/c1-14-5-3-7-16(23-14)12-22-19(21-2)24-17-9-10-25(13-17)18-8-4-6-15(20)11-18;/h3-8,11,17H,9-10,12-13H2,1-2H3,(H2,21,22,24);1H. The van der Waals surface area contributed by atoms with Crippen molar-refractivity contribution in [2.75, 3.05) is 25.0 Å². The van der Waals surface area contributed by atoms with Gasteiger partial charge in [0.2, 0.25) is 0 Å². The molecule has 2 N–H and O–H groups in total. The van der Waals surface area contributed by atoms with E-state index in [1.807, 2.05) is 43.3 Å². The van der Waals surface area contributed by atoms with Crippen LogP contribution in [0.15, 0.2) is 47.5 Å². The second-order valence-corrected chi connectivity index (χ2v) is 6.69. The van der Waals surface area contributed by atoms with E-state index in [9.17, 15) is 0 Å². The molecule has 2 heterocycles. The van der Waals surface area contributed by atoms with Gasteiger partial charge in [-0.3, -0.25) is 9.98 Å². The fourth-order valence-electron chi connectivity index (χ4n) is 3.05. The van der Waals surface area contributed by atoms with Crippen LogP contribution in [0.3, 0.4) is 0 Å². The maximum atomic E-state index is 6.10. The molecule has 0 bridgehead atoms. The van der Waals surface area contributed by atoms with Crippen molar-refractivity contribution >= 4 is 47.2 Å². The van der Waals surface area contributed by atoms with Crippen LogP contribution >= 0.6 is 35.6 Å². The molecule has 2 aromatic rings. The Labute approximate surface area is 177 Å². The lowest BCUT2D eigenvalue weighted by atomic mass is 10.2. The number of hydrogen-bond donors (Lipinski definition) is 2. The van der Waals surface area contributed by atoms with Crippen LogP contribution < -0.4 is 15.5 Å². The van der Waals surface area contributed by atoms with E-state index in [1.165, 1.54) is 5.69 Å². The Bertz CT molecular complexity index is 752. The molecular weight excluding hydrogens is 461 g/mol. The lowest BCUT2D eigenvalue weighted by Gasteiger charge is -2.20. The van der Waals surface area contributed by atoms with Crippen molar-refractivity contribution in [1.29, 1.82) is 0 Å². The van der Waals surface area contributed by atoms with E-state index in [1.54, 1.807) is 7.05 Å². The number of nitrogens with one attached hydrogen (secondary N) is 2. The first kappa shape index (κ1) is 20.8.